The van der Waals surface area contributed by atoms with Crippen LogP contribution in [0.1, 0.15) is 22.3 Å². The molecule has 2 heteroatoms. The van der Waals surface area contributed by atoms with E-state index in [1.807, 2.05) is 0 Å². The summed E-state index contributed by atoms with van der Waals surface area (Å²) in [6.07, 6.45) is 0. The molecule has 0 saturated carbocycles. The van der Waals surface area contributed by atoms with Crippen LogP contribution in [0.4, 0.5) is 17.1 Å². The zero-order valence-corrected chi connectivity index (χ0v) is 40.1. The summed E-state index contributed by atoms with van der Waals surface area (Å²) in [7, 11) is 0. The predicted octanol–water partition coefficient (Wildman–Crippen LogP) is 18.8. The van der Waals surface area contributed by atoms with Gasteiger partial charge in [-0.3, -0.25) is 0 Å². The highest BCUT2D eigenvalue weighted by atomic mass is 15.1. The highest BCUT2D eigenvalue weighted by Gasteiger charge is 2.46. The molecule has 12 aromatic carbocycles. The SMILES string of the molecule is c1ccc(-c2ccc(-n3c4ccccc4c4cc(-c5ccc(-c6cccc(N(c7ccc8c(c7)C(c7ccccc7)(c7ccccc7)c7ccccc7-8)c7ccc8ccccc8c7)c6)cc5)ccc43)cc2)cc1. The number of hydrogen-bond donors (Lipinski definition) is 0. The molecule has 0 bridgehead atoms. The van der Waals surface area contributed by atoms with Crippen molar-refractivity contribution in [3.8, 4) is 50.2 Å². The quantitative estimate of drug-likeness (QED) is 0.140. The van der Waals surface area contributed by atoms with Gasteiger partial charge in [0.05, 0.1) is 16.4 Å². The van der Waals surface area contributed by atoms with Gasteiger partial charge in [-0.15, -0.1) is 0 Å². The van der Waals surface area contributed by atoms with E-state index in [0.717, 1.165) is 33.9 Å². The zero-order valence-electron chi connectivity index (χ0n) is 40.1. The van der Waals surface area contributed by atoms with Gasteiger partial charge in [0.2, 0.25) is 0 Å². The molecule has 1 aliphatic rings. The Hall–Kier alpha value is -9.50. The Balaban J connectivity index is 0.856. The van der Waals surface area contributed by atoms with Crippen molar-refractivity contribution in [2.45, 2.75) is 5.41 Å². The number of aromatic nitrogens is 1. The lowest BCUT2D eigenvalue weighted by Gasteiger charge is -2.35. The maximum atomic E-state index is 2.46. The van der Waals surface area contributed by atoms with Crippen LogP contribution in [0.5, 0.6) is 0 Å². The molecule has 73 heavy (non-hydrogen) atoms. The molecule has 0 N–H and O–H groups in total. The Kier molecular flexibility index (Phi) is 10.1. The Labute approximate surface area is 426 Å². The predicted molar refractivity (Wildman–Crippen MR) is 307 cm³/mol. The van der Waals surface area contributed by atoms with Crippen LogP contribution < -0.4 is 4.90 Å². The standard InChI is InChI=1S/C71H48N2/c1-4-17-49(18-5-1)51-35-39-59(40-36-51)73-69-30-15-13-28-65(69)66-47-56(38-44-70(66)73)53-33-31-52(32-34-53)55-21-16-26-60(45-55)72(61-41-37-50-19-10-11-20-54(50)46-61)62-42-43-64-63-27-12-14-29-67(63)71(68(64)48-62,57-22-6-2-7-23-57)58-24-8-3-9-25-58/h1-48H. The van der Waals surface area contributed by atoms with E-state index in [2.05, 4.69) is 301 Å². The summed E-state index contributed by atoms with van der Waals surface area (Å²) in [6, 6.07) is 107. The van der Waals surface area contributed by atoms with Crippen LogP contribution >= 0.6 is 0 Å². The second-order valence-corrected chi connectivity index (χ2v) is 19.2. The first-order valence-electron chi connectivity index (χ1n) is 25.2. The third kappa shape index (κ3) is 7.02. The van der Waals surface area contributed by atoms with Crippen molar-refractivity contribution in [3.63, 3.8) is 0 Å². The van der Waals surface area contributed by atoms with E-state index < -0.39 is 5.41 Å². The molecule has 0 saturated heterocycles. The van der Waals surface area contributed by atoms with Crippen LogP contribution in [0.15, 0.2) is 291 Å². The topological polar surface area (TPSA) is 8.17 Å². The van der Waals surface area contributed by atoms with E-state index in [9.17, 15) is 0 Å². The molecule has 0 amide bonds. The van der Waals surface area contributed by atoms with E-state index in [-0.39, 0.29) is 0 Å². The van der Waals surface area contributed by atoms with Gasteiger partial charge in [0.15, 0.2) is 0 Å². The molecule has 1 aromatic heterocycles. The van der Waals surface area contributed by atoms with Gasteiger partial charge < -0.3 is 9.47 Å². The average molecular weight is 929 g/mol. The van der Waals surface area contributed by atoms with Gasteiger partial charge in [0.1, 0.15) is 0 Å². The first kappa shape index (κ1) is 42.4. The monoisotopic (exact) mass is 928 g/mol. The van der Waals surface area contributed by atoms with Gasteiger partial charge >= 0.3 is 0 Å². The highest BCUT2D eigenvalue weighted by Crippen LogP contribution is 2.57. The fourth-order valence-corrected chi connectivity index (χ4v) is 11.9. The summed E-state index contributed by atoms with van der Waals surface area (Å²) in [6.45, 7) is 0. The minimum absolute atomic E-state index is 0.514. The van der Waals surface area contributed by atoms with Gasteiger partial charge in [-0.25, -0.2) is 0 Å². The highest BCUT2D eigenvalue weighted by molar-refractivity contribution is 6.10. The number of fused-ring (bicyclic) bond motifs is 7. The van der Waals surface area contributed by atoms with E-state index >= 15 is 0 Å². The van der Waals surface area contributed by atoms with Gasteiger partial charge in [-0.2, -0.15) is 0 Å². The maximum absolute atomic E-state index is 2.46. The molecular formula is C71H48N2. The number of nitrogens with zero attached hydrogens (tertiary/aromatic N) is 2. The Morgan fingerprint density at radius 1 is 0.274 bits per heavy atom. The van der Waals surface area contributed by atoms with Crippen molar-refractivity contribution in [3.05, 3.63) is 313 Å². The van der Waals surface area contributed by atoms with Crippen LogP contribution in [0.25, 0.3) is 82.8 Å². The molecule has 14 rings (SSSR count). The lowest BCUT2D eigenvalue weighted by Crippen LogP contribution is -2.28. The normalized spacial score (nSPS) is 12.5. The number of hydrogen-bond acceptors (Lipinski definition) is 1. The van der Waals surface area contributed by atoms with Crippen molar-refractivity contribution >= 4 is 49.6 Å². The lowest BCUT2D eigenvalue weighted by atomic mass is 9.67. The molecule has 0 atom stereocenters. The number of para-hydroxylation sites is 1. The number of benzene rings is 12. The van der Waals surface area contributed by atoms with Crippen LogP contribution in [-0.2, 0) is 5.41 Å². The summed E-state index contributed by atoms with van der Waals surface area (Å²) in [5.41, 5.74) is 21.1. The van der Waals surface area contributed by atoms with E-state index in [4.69, 9.17) is 0 Å². The van der Waals surface area contributed by atoms with Gasteiger partial charge in [-0.05, 0) is 144 Å². The largest absolute Gasteiger partial charge is 0.310 e. The first-order valence-corrected chi connectivity index (χ1v) is 25.2. The fraction of sp³-hybridized carbons (Fsp3) is 0.0141. The minimum atomic E-state index is -0.514. The minimum Gasteiger partial charge on any atom is -0.310 e. The summed E-state index contributed by atoms with van der Waals surface area (Å²) in [4.78, 5) is 2.44. The van der Waals surface area contributed by atoms with E-state index in [1.165, 1.54) is 88.2 Å². The molecule has 0 fully saturated rings. The van der Waals surface area contributed by atoms with Gasteiger partial charge in [-0.1, -0.05) is 224 Å². The Bertz CT molecular complexity index is 4130. The molecule has 0 radical (unpaired) electrons. The molecule has 0 unspecified atom stereocenters. The van der Waals surface area contributed by atoms with Crippen LogP contribution in [0.2, 0.25) is 0 Å². The third-order valence-corrected chi connectivity index (χ3v) is 15.3. The number of rotatable bonds is 9. The van der Waals surface area contributed by atoms with Gasteiger partial charge in [0, 0.05) is 33.5 Å². The molecule has 1 aliphatic carbocycles. The fourth-order valence-electron chi connectivity index (χ4n) is 11.9. The van der Waals surface area contributed by atoms with Crippen molar-refractivity contribution in [2.75, 3.05) is 4.90 Å². The third-order valence-electron chi connectivity index (χ3n) is 15.3. The van der Waals surface area contributed by atoms with Crippen molar-refractivity contribution < 1.29 is 0 Å². The summed E-state index contributed by atoms with van der Waals surface area (Å²) < 4.78 is 2.39. The molecule has 1 heterocycles. The second kappa shape index (κ2) is 17.4. The zero-order chi connectivity index (χ0) is 48.3. The van der Waals surface area contributed by atoms with Gasteiger partial charge in [0.25, 0.3) is 0 Å². The Morgan fingerprint density at radius 2 is 0.781 bits per heavy atom. The molecular weight excluding hydrogens is 881 g/mol. The van der Waals surface area contributed by atoms with Crippen LogP contribution in [0.3, 0.4) is 0 Å². The van der Waals surface area contributed by atoms with E-state index in [0.29, 0.717) is 0 Å². The second-order valence-electron chi connectivity index (χ2n) is 19.2. The van der Waals surface area contributed by atoms with Crippen LogP contribution in [0, 0.1) is 0 Å². The smallest absolute Gasteiger partial charge is 0.0714 e. The molecule has 0 aliphatic heterocycles. The summed E-state index contributed by atoms with van der Waals surface area (Å²) in [5.74, 6) is 0. The number of anilines is 3. The van der Waals surface area contributed by atoms with Crippen molar-refractivity contribution in [1.82, 2.24) is 4.57 Å². The first-order chi connectivity index (χ1) is 36.2. The average Bonchev–Trinajstić information content (AvgIpc) is 3.96. The lowest BCUT2D eigenvalue weighted by molar-refractivity contribution is 0.768. The van der Waals surface area contributed by atoms with Crippen LogP contribution in [-0.4, -0.2) is 4.57 Å². The summed E-state index contributed by atoms with van der Waals surface area (Å²) >= 11 is 0. The molecule has 342 valence electrons. The molecule has 0 spiro atoms. The van der Waals surface area contributed by atoms with E-state index in [1.54, 1.807) is 0 Å². The Morgan fingerprint density at radius 3 is 1.53 bits per heavy atom. The van der Waals surface area contributed by atoms with Crippen molar-refractivity contribution in [2.24, 2.45) is 0 Å². The molecule has 13 aromatic rings. The summed E-state index contributed by atoms with van der Waals surface area (Å²) in [5, 5.41) is 4.91. The van der Waals surface area contributed by atoms with Crippen molar-refractivity contribution in [1.29, 1.82) is 0 Å². The maximum Gasteiger partial charge on any atom is 0.0714 e. The molecule has 2 nitrogen and oxygen atoms in total.